The standard InChI is InChI=1S/C14H19F3N2O/c1-9-5-4-7-10(9)13(19-18)11-6-2-3-8-12(11)20-14(15,16)17/h2-3,6,8-10,13,19H,4-5,7,18H2,1H3. The lowest BCUT2D eigenvalue weighted by molar-refractivity contribution is -0.275. The summed E-state index contributed by atoms with van der Waals surface area (Å²) in [7, 11) is 0. The van der Waals surface area contributed by atoms with Crippen molar-refractivity contribution < 1.29 is 17.9 Å². The van der Waals surface area contributed by atoms with Crippen LogP contribution in [0.2, 0.25) is 0 Å². The van der Waals surface area contributed by atoms with Gasteiger partial charge in [0.2, 0.25) is 0 Å². The van der Waals surface area contributed by atoms with Crippen molar-refractivity contribution in [2.75, 3.05) is 0 Å². The molecule has 1 aromatic carbocycles. The van der Waals surface area contributed by atoms with Crippen LogP contribution in [0.4, 0.5) is 13.2 Å². The molecule has 1 fully saturated rings. The monoisotopic (exact) mass is 288 g/mol. The number of rotatable bonds is 4. The summed E-state index contributed by atoms with van der Waals surface area (Å²) in [4.78, 5) is 0. The van der Waals surface area contributed by atoms with Gasteiger partial charge in [-0.1, -0.05) is 38.0 Å². The van der Waals surface area contributed by atoms with Crippen molar-refractivity contribution in [1.29, 1.82) is 0 Å². The molecule has 6 heteroatoms. The molecule has 2 rings (SSSR count). The van der Waals surface area contributed by atoms with E-state index in [9.17, 15) is 13.2 Å². The van der Waals surface area contributed by atoms with E-state index in [1.54, 1.807) is 12.1 Å². The first-order valence-electron chi connectivity index (χ1n) is 6.73. The molecule has 1 aliphatic rings. The number of benzene rings is 1. The Morgan fingerprint density at radius 1 is 1.30 bits per heavy atom. The fourth-order valence-corrected chi connectivity index (χ4v) is 3.07. The lowest BCUT2D eigenvalue weighted by atomic mass is 9.86. The number of halogens is 3. The van der Waals surface area contributed by atoms with E-state index in [4.69, 9.17) is 5.84 Å². The Labute approximate surface area is 116 Å². The number of nitrogens with two attached hydrogens (primary N) is 1. The maximum atomic E-state index is 12.5. The fraction of sp³-hybridized carbons (Fsp3) is 0.571. The summed E-state index contributed by atoms with van der Waals surface area (Å²) in [6, 6.07) is 5.85. The lowest BCUT2D eigenvalue weighted by Gasteiger charge is -2.28. The molecule has 1 saturated carbocycles. The Kier molecular flexibility index (Phi) is 4.55. The maximum Gasteiger partial charge on any atom is 0.573 e. The molecule has 3 atom stereocenters. The van der Waals surface area contributed by atoms with Gasteiger partial charge in [-0.25, -0.2) is 0 Å². The molecule has 20 heavy (non-hydrogen) atoms. The van der Waals surface area contributed by atoms with Crippen LogP contribution in [-0.4, -0.2) is 6.36 Å². The van der Waals surface area contributed by atoms with Gasteiger partial charge in [-0.05, 0) is 24.3 Å². The number of hydrogen-bond donors (Lipinski definition) is 2. The van der Waals surface area contributed by atoms with Crippen LogP contribution in [0.25, 0.3) is 0 Å². The third-order valence-corrected chi connectivity index (χ3v) is 4.02. The van der Waals surface area contributed by atoms with Crippen LogP contribution in [0.1, 0.15) is 37.8 Å². The fourth-order valence-electron chi connectivity index (χ4n) is 3.07. The van der Waals surface area contributed by atoms with E-state index in [0.29, 0.717) is 11.5 Å². The molecule has 3 unspecified atom stereocenters. The smallest absolute Gasteiger partial charge is 0.405 e. The molecule has 0 amide bonds. The van der Waals surface area contributed by atoms with E-state index in [1.807, 2.05) is 0 Å². The average Bonchev–Trinajstić information content (AvgIpc) is 2.77. The van der Waals surface area contributed by atoms with Crippen LogP contribution >= 0.6 is 0 Å². The quantitative estimate of drug-likeness (QED) is 0.658. The molecule has 3 nitrogen and oxygen atoms in total. The van der Waals surface area contributed by atoms with Gasteiger partial charge < -0.3 is 4.74 Å². The molecule has 1 aliphatic carbocycles. The van der Waals surface area contributed by atoms with Gasteiger partial charge in [-0.3, -0.25) is 11.3 Å². The summed E-state index contributed by atoms with van der Waals surface area (Å²) < 4.78 is 41.5. The molecular weight excluding hydrogens is 269 g/mol. The van der Waals surface area contributed by atoms with Gasteiger partial charge in [-0.2, -0.15) is 0 Å². The lowest BCUT2D eigenvalue weighted by Crippen LogP contribution is -2.35. The van der Waals surface area contributed by atoms with Crippen molar-refractivity contribution in [3.05, 3.63) is 29.8 Å². The summed E-state index contributed by atoms with van der Waals surface area (Å²) >= 11 is 0. The summed E-state index contributed by atoms with van der Waals surface area (Å²) in [6.45, 7) is 2.11. The van der Waals surface area contributed by atoms with Gasteiger partial charge in [0, 0.05) is 5.56 Å². The minimum Gasteiger partial charge on any atom is -0.405 e. The molecule has 0 radical (unpaired) electrons. The van der Waals surface area contributed by atoms with Crippen LogP contribution < -0.4 is 16.0 Å². The van der Waals surface area contributed by atoms with E-state index < -0.39 is 6.36 Å². The highest BCUT2D eigenvalue weighted by atomic mass is 19.4. The number of alkyl halides is 3. The zero-order valence-electron chi connectivity index (χ0n) is 11.3. The normalized spacial score (nSPS) is 24.6. The molecule has 0 aliphatic heterocycles. The summed E-state index contributed by atoms with van der Waals surface area (Å²) in [5, 5.41) is 0. The van der Waals surface area contributed by atoms with Gasteiger partial charge in [0.05, 0.1) is 6.04 Å². The number of nitrogens with one attached hydrogen (secondary N) is 1. The van der Waals surface area contributed by atoms with E-state index in [2.05, 4.69) is 17.1 Å². The van der Waals surface area contributed by atoms with Gasteiger partial charge in [0.25, 0.3) is 0 Å². The van der Waals surface area contributed by atoms with Crippen molar-refractivity contribution in [1.82, 2.24) is 5.43 Å². The van der Waals surface area contributed by atoms with E-state index >= 15 is 0 Å². The zero-order chi connectivity index (χ0) is 14.8. The Hall–Kier alpha value is -1.27. The zero-order valence-corrected chi connectivity index (χ0v) is 11.3. The maximum absolute atomic E-state index is 12.5. The van der Waals surface area contributed by atoms with Gasteiger partial charge in [0.15, 0.2) is 0 Å². The molecule has 3 N–H and O–H groups in total. The first kappa shape index (κ1) is 15.1. The minimum atomic E-state index is -4.70. The van der Waals surface area contributed by atoms with Crippen molar-refractivity contribution in [3.63, 3.8) is 0 Å². The van der Waals surface area contributed by atoms with Crippen LogP contribution in [-0.2, 0) is 0 Å². The number of ether oxygens (including phenoxy) is 1. The molecule has 0 heterocycles. The van der Waals surface area contributed by atoms with Crippen LogP contribution in [0, 0.1) is 11.8 Å². The van der Waals surface area contributed by atoms with Crippen LogP contribution in [0.15, 0.2) is 24.3 Å². The first-order valence-corrected chi connectivity index (χ1v) is 6.73. The highest BCUT2D eigenvalue weighted by Crippen LogP contribution is 2.42. The Morgan fingerprint density at radius 3 is 2.55 bits per heavy atom. The predicted molar refractivity (Wildman–Crippen MR) is 69.7 cm³/mol. The van der Waals surface area contributed by atoms with Crippen molar-refractivity contribution in [2.24, 2.45) is 17.7 Å². The van der Waals surface area contributed by atoms with E-state index in [-0.39, 0.29) is 17.7 Å². The largest absolute Gasteiger partial charge is 0.573 e. The topological polar surface area (TPSA) is 47.3 Å². The molecule has 0 saturated heterocycles. The van der Waals surface area contributed by atoms with Gasteiger partial charge in [0.1, 0.15) is 5.75 Å². The SMILES string of the molecule is CC1CCCC1C(NN)c1ccccc1OC(F)(F)F. The predicted octanol–water partition coefficient (Wildman–Crippen LogP) is 3.53. The Bertz CT molecular complexity index is 450. The molecular formula is C14H19F3N2O. The molecule has 0 aromatic heterocycles. The molecule has 112 valence electrons. The third-order valence-electron chi connectivity index (χ3n) is 4.02. The number of hydrazine groups is 1. The van der Waals surface area contributed by atoms with Crippen molar-refractivity contribution in [2.45, 2.75) is 38.6 Å². The Balaban J connectivity index is 2.29. The molecule has 0 spiro atoms. The van der Waals surface area contributed by atoms with E-state index in [0.717, 1.165) is 19.3 Å². The van der Waals surface area contributed by atoms with Crippen LogP contribution in [0.5, 0.6) is 5.75 Å². The second-order valence-electron chi connectivity index (χ2n) is 5.30. The summed E-state index contributed by atoms with van der Waals surface area (Å²) in [6.07, 6.45) is -1.59. The number of para-hydroxylation sites is 1. The molecule has 0 bridgehead atoms. The van der Waals surface area contributed by atoms with Crippen molar-refractivity contribution >= 4 is 0 Å². The van der Waals surface area contributed by atoms with Crippen molar-refractivity contribution in [3.8, 4) is 5.75 Å². The highest BCUT2D eigenvalue weighted by Gasteiger charge is 2.36. The minimum absolute atomic E-state index is 0.179. The van der Waals surface area contributed by atoms with E-state index in [1.165, 1.54) is 12.1 Å². The number of hydrogen-bond acceptors (Lipinski definition) is 3. The summed E-state index contributed by atoms with van der Waals surface area (Å²) in [5.41, 5.74) is 3.13. The second-order valence-corrected chi connectivity index (χ2v) is 5.30. The van der Waals surface area contributed by atoms with Gasteiger partial charge in [-0.15, -0.1) is 13.2 Å². The highest BCUT2D eigenvalue weighted by molar-refractivity contribution is 5.36. The summed E-state index contributed by atoms with van der Waals surface area (Å²) in [5.74, 6) is 6.06. The average molecular weight is 288 g/mol. The van der Waals surface area contributed by atoms with Crippen LogP contribution in [0.3, 0.4) is 0 Å². The molecule has 1 aromatic rings. The Morgan fingerprint density at radius 2 is 2.00 bits per heavy atom. The van der Waals surface area contributed by atoms with Gasteiger partial charge >= 0.3 is 6.36 Å². The first-order chi connectivity index (χ1) is 9.42. The second kappa shape index (κ2) is 6.01. The third kappa shape index (κ3) is 3.43.